The first kappa shape index (κ1) is 25.2. The van der Waals surface area contributed by atoms with E-state index in [4.69, 9.17) is 37.4 Å². The molecule has 0 atom stereocenters. The average molecular weight is 535 g/mol. The van der Waals surface area contributed by atoms with Crippen molar-refractivity contribution < 1.29 is 27.8 Å². The Hall–Kier alpha value is -3.89. The standard InChI is InChI=1S/C24H18Cl2F2N4O4/c1-34-19-8-12(9-20(35-2)21(19)36-3)23-30-22(24(33)29-13-4-6-17(27)15(25)10-13)31-32(23)14-5-7-18(28)16(26)11-14/h4-11H,1-3H3,(H,29,33). The van der Waals surface area contributed by atoms with Crippen LogP contribution >= 0.6 is 23.2 Å². The third-order valence-corrected chi connectivity index (χ3v) is 5.64. The Morgan fingerprint density at radius 1 is 0.889 bits per heavy atom. The molecule has 0 radical (unpaired) electrons. The lowest BCUT2D eigenvalue weighted by Crippen LogP contribution is -2.14. The van der Waals surface area contributed by atoms with Crippen LogP contribution in [0.1, 0.15) is 10.6 Å². The van der Waals surface area contributed by atoms with E-state index in [-0.39, 0.29) is 27.4 Å². The third-order valence-electron chi connectivity index (χ3n) is 5.06. The minimum atomic E-state index is -0.696. The minimum Gasteiger partial charge on any atom is -0.493 e. The molecule has 186 valence electrons. The van der Waals surface area contributed by atoms with Crippen molar-refractivity contribution >= 4 is 34.8 Å². The summed E-state index contributed by atoms with van der Waals surface area (Å²) in [6, 6.07) is 10.9. The van der Waals surface area contributed by atoms with Crippen LogP contribution in [0.3, 0.4) is 0 Å². The van der Waals surface area contributed by atoms with Crippen LogP contribution in [0.4, 0.5) is 14.5 Å². The van der Waals surface area contributed by atoms with Gasteiger partial charge >= 0.3 is 0 Å². The van der Waals surface area contributed by atoms with Crippen LogP contribution in [0.2, 0.25) is 10.0 Å². The molecule has 0 saturated carbocycles. The summed E-state index contributed by atoms with van der Waals surface area (Å²) in [7, 11) is 4.38. The van der Waals surface area contributed by atoms with Gasteiger partial charge in [-0.25, -0.2) is 18.4 Å². The van der Waals surface area contributed by atoms with Gasteiger partial charge in [-0.05, 0) is 48.5 Å². The second kappa shape index (κ2) is 10.4. The summed E-state index contributed by atoms with van der Waals surface area (Å²) < 4.78 is 44.8. The monoisotopic (exact) mass is 534 g/mol. The molecule has 1 N–H and O–H groups in total. The number of benzene rings is 3. The SMILES string of the molecule is COc1cc(-c2nc(C(=O)Nc3ccc(F)c(Cl)c3)nn2-c2ccc(F)c(Cl)c2)cc(OC)c1OC. The Morgan fingerprint density at radius 3 is 2.06 bits per heavy atom. The van der Waals surface area contributed by atoms with E-state index in [0.29, 0.717) is 28.5 Å². The second-order valence-corrected chi connectivity index (χ2v) is 8.08. The number of hydrogen-bond donors (Lipinski definition) is 1. The van der Waals surface area contributed by atoms with Gasteiger partial charge < -0.3 is 19.5 Å². The van der Waals surface area contributed by atoms with Gasteiger partial charge in [-0.2, -0.15) is 0 Å². The van der Waals surface area contributed by atoms with Gasteiger partial charge in [-0.3, -0.25) is 4.79 Å². The van der Waals surface area contributed by atoms with E-state index >= 15 is 0 Å². The quantitative estimate of drug-likeness (QED) is 0.322. The average Bonchev–Trinajstić information content (AvgIpc) is 3.32. The van der Waals surface area contributed by atoms with E-state index in [1.807, 2.05) is 0 Å². The van der Waals surface area contributed by atoms with Crippen LogP contribution in [0, 0.1) is 11.6 Å². The van der Waals surface area contributed by atoms with Crippen molar-refractivity contribution in [3.63, 3.8) is 0 Å². The van der Waals surface area contributed by atoms with Crippen molar-refractivity contribution in [3.05, 3.63) is 76.0 Å². The first-order valence-corrected chi connectivity index (χ1v) is 11.0. The fraction of sp³-hybridized carbons (Fsp3) is 0.125. The van der Waals surface area contributed by atoms with Crippen molar-refractivity contribution in [2.24, 2.45) is 0 Å². The normalized spacial score (nSPS) is 10.8. The zero-order valence-corrected chi connectivity index (χ0v) is 20.6. The summed E-state index contributed by atoms with van der Waals surface area (Å²) in [5.41, 5.74) is 1.02. The number of methoxy groups -OCH3 is 3. The summed E-state index contributed by atoms with van der Waals surface area (Å²) in [5, 5.41) is 6.57. The molecule has 36 heavy (non-hydrogen) atoms. The van der Waals surface area contributed by atoms with Crippen LogP contribution in [0.15, 0.2) is 48.5 Å². The molecule has 4 aromatic rings. The highest BCUT2D eigenvalue weighted by atomic mass is 35.5. The van der Waals surface area contributed by atoms with Crippen molar-refractivity contribution in [2.75, 3.05) is 26.6 Å². The van der Waals surface area contributed by atoms with Gasteiger partial charge in [0.15, 0.2) is 17.3 Å². The van der Waals surface area contributed by atoms with E-state index in [9.17, 15) is 13.6 Å². The molecule has 4 rings (SSSR count). The first-order chi connectivity index (χ1) is 17.2. The molecule has 3 aromatic carbocycles. The van der Waals surface area contributed by atoms with Crippen LogP contribution < -0.4 is 19.5 Å². The highest BCUT2D eigenvalue weighted by Crippen LogP contribution is 2.41. The lowest BCUT2D eigenvalue weighted by Gasteiger charge is -2.14. The number of carbonyl (C=O) groups is 1. The molecular weight excluding hydrogens is 517 g/mol. The fourth-order valence-electron chi connectivity index (χ4n) is 3.36. The lowest BCUT2D eigenvalue weighted by atomic mass is 10.1. The van der Waals surface area contributed by atoms with E-state index in [1.54, 1.807) is 12.1 Å². The number of halogens is 4. The fourth-order valence-corrected chi connectivity index (χ4v) is 3.72. The number of anilines is 1. The van der Waals surface area contributed by atoms with Gasteiger partial charge in [0.2, 0.25) is 11.6 Å². The van der Waals surface area contributed by atoms with Gasteiger partial charge in [0.05, 0.1) is 37.1 Å². The summed E-state index contributed by atoms with van der Waals surface area (Å²) in [6.45, 7) is 0. The van der Waals surface area contributed by atoms with Gasteiger partial charge in [-0.1, -0.05) is 23.2 Å². The lowest BCUT2D eigenvalue weighted by molar-refractivity contribution is 0.101. The van der Waals surface area contributed by atoms with E-state index in [0.717, 1.165) is 6.07 Å². The highest BCUT2D eigenvalue weighted by Gasteiger charge is 2.23. The van der Waals surface area contributed by atoms with Crippen LogP contribution in [0.25, 0.3) is 17.1 Å². The second-order valence-electron chi connectivity index (χ2n) is 7.27. The van der Waals surface area contributed by atoms with Gasteiger partial charge in [0.1, 0.15) is 11.6 Å². The maximum absolute atomic E-state index is 13.8. The number of aromatic nitrogens is 3. The molecule has 0 unspecified atom stereocenters. The van der Waals surface area contributed by atoms with E-state index in [1.165, 1.54) is 56.3 Å². The number of nitrogens with one attached hydrogen (secondary N) is 1. The Kier molecular flexibility index (Phi) is 7.27. The molecule has 0 aliphatic heterocycles. The van der Waals surface area contributed by atoms with Crippen molar-refractivity contribution in [1.29, 1.82) is 0 Å². The maximum atomic E-state index is 13.8. The summed E-state index contributed by atoms with van der Waals surface area (Å²) in [4.78, 5) is 17.4. The number of rotatable bonds is 7. The number of carbonyl (C=O) groups excluding carboxylic acids is 1. The topological polar surface area (TPSA) is 87.5 Å². The highest BCUT2D eigenvalue weighted by molar-refractivity contribution is 6.31. The molecule has 0 bridgehead atoms. The van der Waals surface area contributed by atoms with Crippen LogP contribution in [-0.2, 0) is 0 Å². The molecule has 0 aliphatic rings. The van der Waals surface area contributed by atoms with Gasteiger partial charge in [0.25, 0.3) is 5.91 Å². The number of ether oxygens (including phenoxy) is 3. The summed E-state index contributed by atoms with van der Waals surface area (Å²) >= 11 is 11.8. The Balaban J connectivity index is 1.85. The number of nitrogens with zero attached hydrogens (tertiary/aromatic N) is 3. The molecule has 8 nitrogen and oxygen atoms in total. The third kappa shape index (κ3) is 4.91. The number of hydrogen-bond acceptors (Lipinski definition) is 6. The minimum absolute atomic E-state index is 0.147. The molecule has 0 spiro atoms. The Bertz CT molecular complexity index is 1440. The van der Waals surface area contributed by atoms with E-state index < -0.39 is 17.5 Å². The summed E-state index contributed by atoms with van der Waals surface area (Å²) in [6.07, 6.45) is 0. The molecule has 1 aromatic heterocycles. The zero-order chi connectivity index (χ0) is 26.0. The van der Waals surface area contributed by atoms with E-state index in [2.05, 4.69) is 15.4 Å². The smallest absolute Gasteiger partial charge is 0.295 e. The molecule has 0 aliphatic carbocycles. The predicted molar refractivity (Wildman–Crippen MR) is 131 cm³/mol. The predicted octanol–water partition coefficient (Wildman–Crippen LogP) is 5.80. The molecular formula is C24H18Cl2F2N4O4. The molecule has 12 heteroatoms. The van der Waals surface area contributed by atoms with Gasteiger partial charge in [-0.15, -0.1) is 5.10 Å². The maximum Gasteiger partial charge on any atom is 0.295 e. The van der Waals surface area contributed by atoms with Crippen LogP contribution in [-0.4, -0.2) is 42.0 Å². The van der Waals surface area contributed by atoms with Gasteiger partial charge in [0, 0.05) is 11.3 Å². The Morgan fingerprint density at radius 2 is 1.50 bits per heavy atom. The molecule has 0 saturated heterocycles. The van der Waals surface area contributed by atoms with Crippen LogP contribution in [0.5, 0.6) is 17.2 Å². The largest absolute Gasteiger partial charge is 0.493 e. The van der Waals surface area contributed by atoms with Crippen molar-refractivity contribution in [2.45, 2.75) is 0 Å². The molecule has 1 heterocycles. The van der Waals surface area contributed by atoms with Crippen molar-refractivity contribution in [1.82, 2.24) is 14.8 Å². The molecule has 0 fully saturated rings. The molecule has 1 amide bonds. The first-order valence-electron chi connectivity index (χ1n) is 10.2. The zero-order valence-electron chi connectivity index (χ0n) is 19.1. The summed E-state index contributed by atoms with van der Waals surface area (Å²) in [5.74, 6) is -0.963. The Labute approximate surface area is 214 Å². The van der Waals surface area contributed by atoms with Crippen molar-refractivity contribution in [3.8, 4) is 34.3 Å². The number of amides is 1.